The third-order valence-corrected chi connectivity index (χ3v) is 4.82. The van der Waals surface area contributed by atoms with Crippen molar-refractivity contribution in [2.24, 2.45) is 0 Å². The summed E-state index contributed by atoms with van der Waals surface area (Å²) < 4.78 is 15.7. The Morgan fingerprint density at radius 3 is 2.54 bits per heavy atom. The van der Waals surface area contributed by atoms with Crippen molar-refractivity contribution in [3.05, 3.63) is 41.8 Å². The highest BCUT2D eigenvalue weighted by atomic mass is 16.5. The molecule has 0 bridgehead atoms. The van der Waals surface area contributed by atoms with Crippen LogP contribution in [0.1, 0.15) is 17.7 Å². The predicted octanol–water partition coefficient (Wildman–Crippen LogP) is 1.76. The minimum atomic E-state index is 0.181. The third kappa shape index (κ3) is 4.75. The van der Waals surface area contributed by atoms with Crippen molar-refractivity contribution in [3.63, 3.8) is 0 Å². The molecule has 2 heterocycles. The second kappa shape index (κ2) is 9.02. The molecule has 7 heteroatoms. The van der Waals surface area contributed by atoms with E-state index < -0.39 is 0 Å². The molecule has 1 aromatic carbocycles. The molecule has 2 aromatic rings. The minimum absolute atomic E-state index is 0.181. The maximum atomic E-state index is 9.50. The molecule has 1 aliphatic heterocycles. The number of rotatable bonds is 8. The summed E-state index contributed by atoms with van der Waals surface area (Å²) in [6.45, 7) is 4.54. The van der Waals surface area contributed by atoms with Gasteiger partial charge >= 0.3 is 0 Å². The van der Waals surface area contributed by atoms with E-state index in [2.05, 4.69) is 15.0 Å². The van der Waals surface area contributed by atoms with Crippen LogP contribution in [-0.2, 0) is 13.1 Å². The molecule has 1 unspecified atom stereocenters. The smallest absolute Gasteiger partial charge is 0.124 e. The molecule has 1 atom stereocenters. The Bertz CT molecular complexity index is 655. The molecule has 1 saturated heterocycles. The number of ether oxygens (including phenoxy) is 2. The average molecular weight is 361 g/mol. The summed E-state index contributed by atoms with van der Waals surface area (Å²) >= 11 is 0. The Hall–Kier alpha value is -2.09. The largest absolute Gasteiger partial charge is 0.497 e. The summed E-state index contributed by atoms with van der Waals surface area (Å²) in [6.07, 6.45) is 2.35. The van der Waals surface area contributed by atoms with Crippen molar-refractivity contribution in [3.8, 4) is 11.5 Å². The van der Waals surface area contributed by atoms with Crippen LogP contribution < -0.4 is 9.47 Å². The predicted molar refractivity (Wildman–Crippen MR) is 97.2 cm³/mol. The van der Waals surface area contributed by atoms with Gasteiger partial charge in [-0.15, -0.1) is 0 Å². The molecule has 0 saturated carbocycles. The zero-order valence-corrected chi connectivity index (χ0v) is 15.4. The van der Waals surface area contributed by atoms with Crippen LogP contribution in [0.25, 0.3) is 0 Å². The minimum Gasteiger partial charge on any atom is -0.497 e. The number of aromatic nitrogens is 1. The van der Waals surface area contributed by atoms with Gasteiger partial charge in [0.1, 0.15) is 17.8 Å². The molecule has 0 aliphatic carbocycles. The van der Waals surface area contributed by atoms with Crippen molar-refractivity contribution in [1.82, 2.24) is 15.0 Å². The van der Waals surface area contributed by atoms with Gasteiger partial charge in [0.2, 0.25) is 0 Å². The lowest BCUT2D eigenvalue weighted by atomic mass is 10.1. The highest BCUT2D eigenvalue weighted by Crippen LogP contribution is 2.25. The fraction of sp³-hybridized carbons (Fsp3) is 0.526. The number of nitrogens with zero attached hydrogens (tertiary/aromatic N) is 3. The lowest BCUT2D eigenvalue weighted by Crippen LogP contribution is -2.52. The number of hydrogen-bond acceptors (Lipinski definition) is 7. The molecule has 142 valence electrons. The highest BCUT2D eigenvalue weighted by molar-refractivity contribution is 5.38. The van der Waals surface area contributed by atoms with Gasteiger partial charge < -0.3 is 19.1 Å². The summed E-state index contributed by atoms with van der Waals surface area (Å²) in [5.41, 5.74) is 2.09. The van der Waals surface area contributed by atoms with E-state index in [4.69, 9.17) is 14.0 Å². The van der Waals surface area contributed by atoms with Gasteiger partial charge in [-0.3, -0.25) is 9.80 Å². The maximum Gasteiger partial charge on any atom is 0.124 e. The molecule has 7 nitrogen and oxygen atoms in total. The first kappa shape index (κ1) is 18.7. The normalized spacial score (nSPS) is 18.8. The standard InChI is InChI=1S/C19H27N3O4/c1-24-18-9-15(10-19(11-18)25-2)12-22-6-5-21(14-17(22)3-7-23)13-16-4-8-26-20-16/h4,8-11,17,23H,3,5-7,12-14H2,1-2H3. The lowest BCUT2D eigenvalue weighted by molar-refractivity contribution is 0.0489. The fourth-order valence-corrected chi connectivity index (χ4v) is 3.47. The molecule has 1 N–H and O–H groups in total. The second-order valence-electron chi connectivity index (χ2n) is 6.58. The van der Waals surface area contributed by atoms with Crippen molar-refractivity contribution >= 4 is 0 Å². The Labute approximate surface area is 154 Å². The van der Waals surface area contributed by atoms with Crippen LogP contribution in [0, 0.1) is 0 Å². The zero-order chi connectivity index (χ0) is 18.4. The summed E-state index contributed by atoms with van der Waals surface area (Å²) in [4.78, 5) is 4.78. The van der Waals surface area contributed by atoms with E-state index >= 15 is 0 Å². The molecule has 1 aromatic heterocycles. The molecule has 0 radical (unpaired) electrons. The molecule has 3 rings (SSSR count). The quantitative estimate of drug-likeness (QED) is 0.768. The SMILES string of the molecule is COc1cc(CN2CCN(Cc3ccon3)CC2CCO)cc(OC)c1. The van der Waals surface area contributed by atoms with E-state index in [0.717, 1.165) is 61.9 Å². The number of piperazine rings is 1. The van der Waals surface area contributed by atoms with Crippen LogP contribution in [0.2, 0.25) is 0 Å². The number of benzene rings is 1. The Balaban J connectivity index is 1.67. The van der Waals surface area contributed by atoms with Crippen LogP contribution >= 0.6 is 0 Å². The third-order valence-electron chi connectivity index (χ3n) is 4.82. The van der Waals surface area contributed by atoms with Gasteiger partial charge in [0.15, 0.2) is 0 Å². The first-order chi connectivity index (χ1) is 12.7. The molecule has 26 heavy (non-hydrogen) atoms. The van der Waals surface area contributed by atoms with E-state index in [0.29, 0.717) is 0 Å². The monoisotopic (exact) mass is 361 g/mol. The highest BCUT2D eigenvalue weighted by Gasteiger charge is 2.27. The van der Waals surface area contributed by atoms with Crippen molar-refractivity contribution in [1.29, 1.82) is 0 Å². The molecular formula is C19H27N3O4. The van der Waals surface area contributed by atoms with Gasteiger partial charge in [-0.05, 0) is 24.1 Å². The number of hydrogen-bond donors (Lipinski definition) is 1. The summed E-state index contributed by atoms with van der Waals surface area (Å²) in [5, 5.41) is 13.5. The summed E-state index contributed by atoms with van der Waals surface area (Å²) in [7, 11) is 3.32. The van der Waals surface area contributed by atoms with Gasteiger partial charge in [0, 0.05) is 57.5 Å². The Morgan fingerprint density at radius 2 is 1.92 bits per heavy atom. The van der Waals surface area contributed by atoms with Gasteiger partial charge in [0.05, 0.1) is 19.9 Å². The Kier molecular flexibility index (Phi) is 6.49. The van der Waals surface area contributed by atoms with E-state index in [-0.39, 0.29) is 12.6 Å². The van der Waals surface area contributed by atoms with Gasteiger partial charge in [0.25, 0.3) is 0 Å². The zero-order valence-electron chi connectivity index (χ0n) is 15.4. The average Bonchev–Trinajstić information content (AvgIpc) is 3.16. The van der Waals surface area contributed by atoms with Crippen LogP contribution in [0.5, 0.6) is 11.5 Å². The fourth-order valence-electron chi connectivity index (χ4n) is 3.47. The Morgan fingerprint density at radius 1 is 1.15 bits per heavy atom. The van der Waals surface area contributed by atoms with E-state index in [9.17, 15) is 5.11 Å². The van der Waals surface area contributed by atoms with Crippen LogP contribution in [0.15, 0.2) is 35.1 Å². The van der Waals surface area contributed by atoms with Crippen LogP contribution in [0.4, 0.5) is 0 Å². The van der Waals surface area contributed by atoms with Gasteiger partial charge in [-0.2, -0.15) is 0 Å². The molecular weight excluding hydrogens is 334 g/mol. The van der Waals surface area contributed by atoms with Gasteiger partial charge in [-0.25, -0.2) is 0 Å². The van der Waals surface area contributed by atoms with Crippen molar-refractivity contribution in [2.45, 2.75) is 25.6 Å². The first-order valence-corrected chi connectivity index (χ1v) is 8.90. The maximum absolute atomic E-state index is 9.50. The number of methoxy groups -OCH3 is 2. The van der Waals surface area contributed by atoms with Crippen molar-refractivity contribution in [2.75, 3.05) is 40.5 Å². The van der Waals surface area contributed by atoms with Gasteiger partial charge in [-0.1, -0.05) is 5.16 Å². The first-order valence-electron chi connectivity index (χ1n) is 8.90. The molecule has 0 spiro atoms. The van der Waals surface area contributed by atoms with E-state index in [1.165, 1.54) is 0 Å². The topological polar surface area (TPSA) is 71.2 Å². The number of aliphatic hydroxyl groups is 1. The second-order valence-corrected chi connectivity index (χ2v) is 6.58. The number of aliphatic hydroxyl groups excluding tert-OH is 1. The lowest BCUT2D eigenvalue weighted by Gasteiger charge is -2.41. The van der Waals surface area contributed by atoms with E-state index in [1.807, 2.05) is 24.3 Å². The molecule has 0 amide bonds. The van der Waals surface area contributed by atoms with Crippen molar-refractivity contribution < 1.29 is 19.1 Å². The van der Waals surface area contributed by atoms with Crippen LogP contribution in [-0.4, -0.2) is 66.6 Å². The van der Waals surface area contributed by atoms with Crippen LogP contribution in [0.3, 0.4) is 0 Å². The summed E-state index contributed by atoms with van der Waals surface area (Å²) in [6, 6.07) is 8.15. The summed E-state index contributed by atoms with van der Waals surface area (Å²) in [5.74, 6) is 1.59. The molecule has 1 fully saturated rings. The molecule has 1 aliphatic rings. The van der Waals surface area contributed by atoms with E-state index in [1.54, 1.807) is 20.5 Å².